The number of aryl methyl sites for hydroxylation is 3. The fraction of sp³-hybridized carbons (Fsp3) is 0.357. The quantitative estimate of drug-likeness (QED) is 0.748. The van der Waals surface area contributed by atoms with E-state index in [4.69, 9.17) is 0 Å². The highest BCUT2D eigenvalue weighted by atomic mass is 15.3. The number of fused-ring (bicyclic) bond motifs is 3. The van der Waals surface area contributed by atoms with Crippen LogP contribution in [0, 0.1) is 6.92 Å². The molecule has 3 aromatic rings. The van der Waals surface area contributed by atoms with Crippen LogP contribution in [0.2, 0.25) is 0 Å². The van der Waals surface area contributed by atoms with E-state index in [0.29, 0.717) is 0 Å². The summed E-state index contributed by atoms with van der Waals surface area (Å²) in [7, 11) is 0. The zero-order valence-electron chi connectivity index (χ0n) is 11.3. The third-order valence-electron chi connectivity index (χ3n) is 3.77. The summed E-state index contributed by atoms with van der Waals surface area (Å²) in [6, 6.07) is 1.97. The number of hydrogen-bond donors (Lipinski definition) is 2. The van der Waals surface area contributed by atoms with E-state index in [1.807, 2.05) is 23.7 Å². The number of aromatic amines is 1. The van der Waals surface area contributed by atoms with Gasteiger partial charge in [-0.2, -0.15) is 10.2 Å². The molecule has 102 valence electrons. The van der Waals surface area contributed by atoms with Crippen molar-refractivity contribution >= 4 is 17.2 Å². The van der Waals surface area contributed by atoms with Crippen molar-refractivity contribution in [1.82, 2.24) is 24.8 Å². The van der Waals surface area contributed by atoms with Gasteiger partial charge < -0.3 is 5.32 Å². The smallest absolute Gasteiger partial charge is 0.158 e. The molecule has 0 atom stereocenters. The van der Waals surface area contributed by atoms with E-state index >= 15 is 0 Å². The van der Waals surface area contributed by atoms with Crippen molar-refractivity contribution in [3.63, 3.8) is 0 Å². The summed E-state index contributed by atoms with van der Waals surface area (Å²) in [6.45, 7) is 1.98. The second kappa shape index (κ2) is 4.33. The summed E-state index contributed by atoms with van der Waals surface area (Å²) in [4.78, 5) is 4.47. The largest absolute Gasteiger partial charge is 0.322 e. The van der Waals surface area contributed by atoms with Gasteiger partial charge in [-0.3, -0.25) is 5.10 Å². The number of rotatable bonds is 2. The van der Waals surface area contributed by atoms with Crippen LogP contribution >= 0.6 is 0 Å². The second-order valence-electron chi connectivity index (χ2n) is 5.26. The lowest BCUT2D eigenvalue weighted by Crippen LogP contribution is -2.02. The van der Waals surface area contributed by atoms with Gasteiger partial charge in [-0.25, -0.2) is 9.50 Å². The standard InChI is InChI=1S/C14H16N6/c1-9-8-12(18-17-9)16-14-13-10-4-2-3-5-11(10)19-20(13)7-6-15-14/h6-8H,2-5H2,1H3,(H2,15,16,17,18). The molecule has 0 saturated heterocycles. The van der Waals surface area contributed by atoms with E-state index < -0.39 is 0 Å². The molecule has 6 nitrogen and oxygen atoms in total. The van der Waals surface area contributed by atoms with Gasteiger partial charge in [-0.15, -0.1) is 0 Å². The topological polar surface area (TPSA) is 70.9 Å². The first kappa shape index (κ1) is 11.5. The molecule has 0 amide bonds. The minimum atomic E-state index is 0.786. The molecule has 4 rings (SSSR count). The summed E-state index contributed by atoms with van der Waals surface area (Å²) in [5.41, 5.74) is 4.66. The van der Waals surface area contributed by atoms with Gasteiger partial charge in [0.05, 0.1) is 5.69 Å². The Morgan fingerprint density at radius 2 is 2.20 bits per heavy atom. The first-order chi connectivity index (χ1) is 9.81. The van der Waals surface area contributed by atoms with Crippen LogP contribution in [-0.2, 0) is 12.8 Å². The van der Waals surface area contributed by atoms with E-state index in [1.165, 1.54) is 24.1 Å². The summed E-state index contributed by atoms with van der Waals surface area (Å²) in [5.74, 6) is 1.61. The third kappa shape index (κ3) is 1.76. The Kier molecular flexibility index (Phi) is 2.48. The Bertz CT molecular complexity index is 769. The van der Waals surface area contributed by atoms with Gasteiger partial charge in [-0.1, -0.05) is 0 Å². The maximum Gasteiger partial charge on any atom is 0.158 e. The lowest BCUT2D eigenvalue weighted by atomic mass is 9.97. The normalized spacial score (nSPS) is 14.4. The van der Waals surface area contributed by atoms with Crippen LogP contribution < -0.4 is 5.32 Å². The van der Waals surface area contributed by atoms with Crippen LogP contribution in [0.3, 0.4) is 0 Å². The minimum Gasteiger partial charge on any atom is -0.322 e. The van der Waals surface area contributed by atoms with E-state index in [9.17, 15) is 0 Å². The summed E-state index contributed by atoms with van der Waals surface area (Å²) in [5, 5.41) is 15.1. The molecule has 1 aliphatic rings. The number of anilines is 2. The molecule has 0 saturated carbocycles. The molecule has 0 unspecified atom stereocenters. The van der Waals surface area contributed by atoms with E-state index in [-0.39, 0.29) is 0 Å². The van der Waals surface area contributed by atoms with Gasteiger partial charge in [0.1, 0.15) is 5.52 Å². The lowest BCUT2D eigenvalue weighted by molar-refractivity contribution is 0.673. The molecule has 20 heavy (non-hydrogen) atoms. The van der Waals surface area contributed by atoms with Crippen LogP contribution in [0.1, 0.15) is 29.8 Å². The van der Waals surface area contributed by atoms with Gasteiger partial charge in [0, 0.05) is 29.7 Å². The van der Waals surface area contributed by atoms with Gasteiger partial charge in [0.2, 0.25) is 0 Å². The number of nitrogens with zero attached hydrogens (tertiary/aromatic N) is 4. The van der Waals surface area contributed by atoms with Crippen molar-refractivity contribution in [3.05, 3.63) is 35.4 Å². The Labute approximate surface area is 116 Å². The predicted octanol–water partition coefficient (Wildman–Crippen LogP) is 2.38. The molecular weight excluding hydrogens is 252 g/mol. The first-order valence-corrected chi connectivity index (χ1v) is 6.95. The number of H-pyrrole nitrogens is 1. The third-order valence-corrected chi connectivity index (χ3v) is 3.77. The van der Waals surface area contributed by atoms with Crippen molar-refractivity contribution in [1.29, 1.82) is 0 Å². The fourth-order valence-corrected chi connectivity index (χ4v) is 2.86. The highest BCUT2D eigenvalue weighted by Crippen LogP contribution is 2.29. The average Bonchev–Trinajstić information content (AvgIpc) is 3.02. The minimum absolute atomic E-state index is 0.786. The van der Waals surface area contributed by atoms with E-state index in [2.05, 4.69) is 25.6 Å². The molecule has 0 bridgehead atoms. The van der Waals surface area contributed by atoms with Gasteiger partial charge in [-0.05, 0) is 32.6 Å². The molecule has 2 N–H and O–H groups in total. The maximum atomic E-state index is 4.67. The molecule has 0 aromatic carbocycles. The van der Waals surface area contributed by atoms with Gasteiger partial charge >= 0.3 is 0 Å². The predicted molar refractivity (Wildman–Crippen MR) is 76.2 cm³/mol. The molecule has 0 radical (unpaired) electrons. The van der Waals surface area contributed by atoms with Crippen LogP contribution in [0.5, 0.6) is 0 Å². The van der Waals surface area contributed by atoms with Crippen LogP contribution in [0.25, 0.3) is 5.52 Å². The SMILES string of the molecule is Cc1cc(Nc2nccn3nc4c(c23)CCCC4)n[nH]1. The van der Waals surface area contributed by atoms with Gasteiger partial charge in [0.15, 0.2) is 11.6 Å². The van der Waals surface area contributed by atoms with Crippen LogP contribution in [-0.4, -0.2) is 24.8 Å². The fourth-order valence-electron chi connectivity index (χ4n) is 2.86. The second-order valence-corrected chi connectivity index (χ2v) is 5.26. The molecule has 1 aliphatic carbocycles. The molecule has 3 aromatic heterocycles. The van der Waals surface area contributed by atoms with Crippen LogP contribution in [0.15, 0.2) is 18.5 Å². The van der Waals surface area contributed by atoms with Crippen molar-refractivity contribution < 1.29 is 0 Å². The van der Waals surface area contributed by atoms with Crippen molar-refractivity contribution in [2.24, 2.45) is 0 Å². The molecule has 0 fully saturated rings. The van der Waals surface area contributed by atoms with Crippen molar-refractivity contribution in [2.75, 3.05) is 5.32 Å². The number of nitrogens with one attached hydrogen (secondary N) is 2. The van der Waals surface area contributed by atoms with E-state index in [0.717, 1.165) is 35.7 Å². The Hall–Kier alpha value is -2.37. The van der Waals surface area contributed by atoms with E-state index in [1.54, 1.807) is 6.20 Å². The first-order valence-electron chi connectivity index (χ1n) is 6.95. The lowest BCUT2D eigenvalue weighted by Gasteiger charge is -2.10. The summed E-state index contributed by atoms with van der Waals surface area (Å²) < 4.78 is 1.94. The Morgan fingerprint density at radius 1 is 1.30 bits per heavy atom. The van der Waals surface area contributed by atoms with Crippen LogP contribution in [0.4, 0.5) is 11.6 Å². The summed E-state index contributed by atoms with van der Waals surface area (Å²) >= 11 is 0. The number of aromatic nitrogens is 5. The highest BCUT2D eigenvalue weighted by Gasteiger charge is 2.19. The molecule has 0 spiro atoms. The average molecular weight is 268 g/mol. The molecule has 0 aliphatic heterocycles. The molecular formula is C14H16N6. The van der Waals surface area contributed by atoms with Crippen molar-refractivity contribution in [2.45, 2.75) is 32.6 Å². The molecule has 6 heteroatoms. The monoisotopic (exact) mass is 268 g/mol. The maximum absolute atomic E-state index is 4.67. The number of hydrogen-bond acceptors (Lipinski definition) is 4. The zero-order chi connectivity index (χ0) is 13.5. The Morgan fingerprint density at radius 3 is 3.05 bits per heavy atom. The Balaban J connectivity index is 1.84. The molecule has 3 heterocycles. The van der Waals surface area contributed by atoms with Crippen molar-refractivity contribution in [3.8, 4) is 0 Å². The van der Waals surface area contributed by atoms with Gasteiger partial charge in [0.25, 0.3) is 0 Å². The highest BCUT2D eigenvalue weighted by molar-refractivity contribution is 5.76. The zero-order valence-corrected chi connectivity index (χ0v) is 11.3. The summed E-state index contributed by atoms with van der Waals surface area (Å²) in [6.07, 6.45) is 8.29.